The van der Waals surface area contributed by atoms with Crippen LogP contribution < -0.4 is 0 Å². The van der Waals surface area contributed by atoms with Gasteiger partial charge in [-0.3, -0.25) is 4.90 Å². The number of benzene rings is 2. The summed E-state index contributed by atoms with van der Waals surface area (Å²) >= 11 is 12.2. The summed E-state index contributed by atoms with van der Waals surface area (Å²) in [6.45, 7) is 2.14. The van der Waals surface area contributed by atoms with Gasteiger partial charge in [-0.2, -0.15) is 0 Å². The summed E-state index contributed by atoms with van der Waals surface area (Å²) in [6.07, 6.45) is 0. The highest BCUT2D eigenvalue weighted by atomic mass is 35.5. The maximum Gasteiger partial charge on any atom is 0.0558 e. The molecule has 0 aliphatic carbocycles. The first-order chi connectivity index (χ1) is 9.69. The van der Waals surface area contributed by atoms with Crippen molar-refractivity contribution in [2.45, 2.75) is 13.1 Å². The summed E-state index contributed by atoms with van der Waals surface area (Å²) < 4.78 is 0. The Morgan fingerprint density at radius 1 is 0.950 bits per heavy atom. The van der Waals surface area contributed by atoms with E-state index in [4.69, 9.17) is 23.2 Å². The quantitative estimate of drug-likeness (QED) is 0.872. The van der Waals surface area contributed by atoms with Crippen LogP contribution in [0.15, 0.2) is 48.5 Å². The number of hydrogen-bond acceptors (Lipinski definition) is 2. The van der Waals surface area contributed by atoms with Crippen LogP contribution in [0.4, 0.5) is 0 Å². The molecule has 0 saturated heterocycles. The van der Waals surface area contributed by atoms with Gasteiger partial charge < -0.3 is 5.11 Å². The van der Waals surface area contributed by atoms with Crippen molar-refractivity contribution < 1.29 is 5.11 Å². The Balaban J connectivity index is 2.11. The molecule has 0 aliphatic heterocycles. The van der Waals surface area contributed by atoms with Crippen molar-refractivity contribution in [2.75, 3.05) is 13.2 Å². The zero-order valence-corrected chi connectivity index (χ0v) is 12.6. The molecule has 2 nitrogen and oxygen atoms in total. The van der Waals surface area contributed by atoms with Crippen molar-refractivity contribution >= 4 is 23.2 Å². The molecule has 2 rings (SSSR count). The lowest BCUT2D eigenvalue weighted by Crippen LogP contribution is -2.26. The van der Waals surface area contributed by atoms with E-state index in [9.17, 15) is 5.11 Å². The Morgan fingerprint density at radius 2 is 1.70 bits per heavy atom. The van der Waals surface area contributed by atoms with Crippen LogP contribution in [0.25, 0.3) is 0 Å². The van der Waals surface area contributed by atoms with Gasteiger partial charge in [0.15, 0.2) is 0 Å². The Labute approximate surface area is 129 Å². The molecule has 0 aromatic heterocycles. The molecule has 4 heteroatoms. The minimum absolute atomic E-state index is 0.116. The molecule has 0 atom stereocenters. The van der Waals surface area contributed by atoms with Crippen molar-refractivity contribution in [3.63, 3.8) is 0 Å². The number of halogens is 2. The van der Waals surface area contributed by atoms with Crippen LogP contribution >= 0.6 is 23.2 Å². The van der Waals surface area contributed by atoms with Gasteiger partial charge in [-0.05, 0) is 29.3 Å². The number of rotatable bonds is 6. The van der Waals surface area contributed by atoms with Crippen LogP contribution in [0.2, 0.25) is 10.0 Å². The van der Waals surface area contributed by atoms with E-state index in [1.54, 1.807) is 12.1 Å². The lowest BCUT2D eigenvalue weighted by molar-refractivity contribution is 0.184. The maximum atomic E-state index is 9.22. The molecule has 0 fully saturated rings. The topological polar surface area (TPSA) is 23.5 Å². The predicted octanol–water partition coefficient (Wildman–Crippen LogP) is 3.99. The molecule has 0 amide bonds. The first kappa shape index (κ1) is 15.3. The van der Waals surface area contributed by atoms with E-state index in [2.05, 4.69) is 17.0 Å². The minimum atomic E-state index is 0.116. The Bertz CT molecular complexity index is 545. The molecule has 2 aromatic carbocycles. The van der Waals surface area contributed by atoms with Gasteiger partial charge in [0.25, 0.3) is 0 Å². The summed E-state index contributed by atoms with van der Waals surface area (Å²) in [7, 11) is 0. The summed E-state index contributed by atoms with van der Waals surface area (Å²) in [5.74, 6) is 0. The van der Waals surface area contributed by atoms with Gasteiger partial charge in [-0.15, -0.1) is 0 Å². The molecule has 0 heterocycles. The third kappa shape index (κ3) is 4.50. The first-order valence-corrected chi connectivity index (χ1v) is 7.25. The number of aliphatic hydroxyl groups excluding tert-OH is 1. The lowest BCUT2D eigenvalue weighted by atomic mass is 10.1. The highest BCUT2D eigenvalue weighted by Gasteiger charge is 2.09. The van der Waals surface area contributed by atoms with E-state index in [-0.39, 0.29) is 6.61 Å². The van der Waals surface area contributed by atoms with Gasteiger partial charge in [0, 0.05) is 29.7 Å². The first-order valence-electron chi connectivity index (χ1n) is 6.50. The third-order valence-corrected chi connectivity index (χ3v) is 3.67. The number of nitrogens with zero attached hydrogens (tertiary/aromatic N) is 1. The molecule has 0 bridgehead atoms. The molecule has 0 saturated carbocycles. The fraction of sp³-hybridized carbons (Fsp3) is 0.250. The monoisotopic (exact) mass is 309 g/mol. The van der Waals surface area contributed by atoms with Gasteiger partial charge in [-0.1, -0.05) is 53.5 Å². The fourth-order valence-electron chi connectivity index (χ4n) is 2.10. The number of aliphatic hydroxyl groups is 1. The third-order valence-electron chi connectivity index (χ3n) is 3.07. The van der Waals surface area contributed by atoms with Crippen LogP contribution in [0.5, 0.6) is 0 Å². The normalized spacial score (nSPS) is 11.0. The Morgan fingerprint density at radius 3 is 2.40 bits per heavy atom. The molecule has 2 aromatic rings. The van der Waals surface area contributed by atoms with E-state index < -0.39 is 0 Å². The molecular weight excluding hydrogens is 293 g/mol. The Hall–Kier alpha value is -1.06. The molecule has 0 aliphatic rings. The standard InChI is InChI=1S/C16H17Cl2NO/c17-15-6-7-16(18)14(10-15)12-19(8-9-20)11-13-4-2-1-3-5-13/h1-7,10,20H,8-9,11-12H2. The maximum absolute atomic E-state index is 9.22. The van der Waals surface area contributed by atoms with Crippen molar-refractivity contribution in [3.05, 3.63) is 69.7 Å². The summed E-state index contributed by atoms with van der Waals surface area (Å²) in [5, 5.41) is 10.6. The summed E-state index contributed by atoms with van der Waals surface area (Å²) in [6, 6.07) is 15.6. The highest BCUT2D eigenvalue weighted by Crippen LogP contribution is 2.22. The average Bonchev–Trinajstić information content (AvgIpc) is 2.44. The fourth-order valence-corrected chi connectivity index (χ4v) is 2.47. The van der Waals surface area contributed by atoms with Gasteiger partial charge in [0.1, 0.15) is 0 Å². The molecule has 0 radical (unpaired) electrons. The molecule has 20 heavy (non-hydrogen) atoms. The van der Waals surface area contributed by atoms with Gasteiger partial charge in [-0.25, -0.2) is 0 Å². The highest BCUT2D eigenvalue weighted by molar-refractivity contribution is 6.33. The van der Waals surface area contributed by atoms with Crippen molar-refractivity contribution in [3.8, 4) is 0 Å². The molecule has 106 valence electrons. The van der Waals surface area contributed by atoms with E-state index in [0.717, 1.165) is 12.1 Å². The van der Waals surface area contributed by atoms with Crippen LogP contribution in [0.3, 0.4) is 0 Å². The van der Waals surface area contributed by atoms with E-state index in [0.29, 0.717) is 23.1 Å². The van der Waals surface area contributed by atoms with E-state index >= 15 is 0 Å². The lowest BCUT2D eigenvalue weighted by Gasteiger charge is -2.22. The Kier molecular flexibility index (Phi) is 5.86. The van der Waals surface area contributed by atoms with Crippen molar-refractivity contribution in [1.82, 2.24) is 4.90 Å². The summed E-state index contributed by atoms with van der Waals surface area (Å²) in [5.41, 5.74) is 2.18. The van der Waals surface area contributed by atoms with Crippen LogP contribution in [-0.2, 0) is 13.1 Å². The molecule has 0 spiro atoms. The van der Waals surface area contributed by atoms with E-state index in [1.165, 1.54) is 5.56 Å². The van der Waals surface area contributed by atoms with Crippen LogP contribution in [-0.4, -0.2) is 23.2 Å². The SMILES string of the molecule is OCCN(Cc1ccccc1)Cc1cc(Cl)ccc1Cl. The van der Waals surface area contributed by atoms with Gasteiger partial charge in [0.2, 0.25) is 0 Å². The average molecular weight is 310 g/mol. The predicted molar refractivity (Wildman–Crippen MR) is 84.1 cm³/mol. The van der Waals surface area contributed by atoms with Gasteiger partial charge in [0.05, 0.1) is 6.61 Å². The molecule has 0 unspecified atom stereocenters. The second-order valence-corrected chi connectivity index (χ2v) is 5.50. The second kappa shape index (κ2) is 7.65. The second-order valence-electron chi connectivity index (χ2n) is 4.66. The van der Waals surface area contributed by atoms with Crippen LogP contribution in [0, 0.1) is 0 Å². The zero-order chi connectivity index (χ0) is 14.4. The summed E-state index contributed by atoms with van der Waals surface area (Å²) in [4.78, 5) is 2.15. The molecule has 1 N–H and O–H groups in total. The van der Waals surface area contributed by atoms with E-state index in [1.807, 2.05) is 24.3 Å². The smallest absolute Gasteiger partial charge is 0.0558 e. The van der Waals surface area contributed by atoms with Crippen molar-refractivity contribution in [2.24, 2.45) is 0 Å². The number of hydrogen-bond donors (Lipinski definition) is 1. The molecular formula is C16H17Cl2NO. The van der Waals surface area contributed by atoms with Gasteiger partial charge >= 0.3 is 0 Å². The van der Waals surface area contributed by atoms with Crippen LogP contribution in [0.1, 0.15) is 11.1 Å². The largest absolute Gasteiger partial charge is 0.395 e. The minimum Gasteiger partial charge on any atom is -0.395 e. The zero-order valence-electron chi connectivity index (χ0n) is 11.1. The van der Waals surface area contributed by atoms with Crippen molar-refractivity contribution in [1.29, 1.82) is 0 Å².